The van der Waals surface area contributed by atoms with Gasteiger partial charge in [-0.2, -0.15) is 0 Å². The van der Waals surface area contributed by atoms with Crippen molar-refractivity contribution in [1.82, 2.24) is 0 Å². The summed E-state index contributed by atoms with van der Waals surface area (Å²) in [5.74, 6) is 0.254. The van der Waals surface area contributed by atoms with Crippen molar-refractivity contribution in [1.29, 1.82) is 0 Å². The van der Waals surface area contributed by atoms with Crippen molar-refractivity contribution in [2.75, 3.05) is 18.1 Å². The highest BCUT2D eigenvalue weighted by atomic mass is 32.2. The Hall–Kier alpha value is -1.13. The highest BCUT2D eigenvalue weighted by molar-refractivity contribution is 7.91. The van der Waals surface area contributed by atoms with E-state index in [0.29, 0.717) is 13.0 Å². The highest BCUT2D eigenvalue weighted by Crippen LogP contribution is 2.02. The molecule has 88 valence electrons. The maximum Gasteiger partial charge on any atom is 0.153 e. The van der Waals surface area contributed by atoms with Crippen LogP contribution in [0.25, 0.3) is 6.08 Å². The summed E-state index contributed by atoms with van der Waals surface area (Å²) in [6.07, 6.45) is 4.03. The van der Waals surface area contributed by atoms with Crippen LogP contribution in [0.5, 0.6) is 0 Å². The van der Waals surface area contributed by atoms with E-state index in [1.807, 2.05) is 36.4 Å². The molecule has 0 heterocycles. The maximum atomic E-state index is 11.5. The van der Waals surface area contributed by atoms with Gasteiger partial charge in [0.25, 0.3) is 0 Å². The zero-order valence-electron chi connectivity index (χ0n) is 9.17. The molecule has 0 aliphatic carbocycles. The van der Waals surface area contributed by atoms with Gasteiger partial charge in [0, 0.05) is 0 Å². The van der Waals surface area contributed by atoms with Crippen LogP contribution in [-0.2, 0) is 9.84 Å². The minimum absolute atomic E-state index is 0.0852. The molecule has 0 bridgehead atoms. The van der Waals surface area contributed by atoms with Gasteiger partial charge in [-0.1, -0.05) is 42.5 Å². The van der Waals surface area contributed by atoms with Crippen molar-refractivity contribution in [3.63, 3.8) is 0 Å². The standard InChI is InChI=1S/C12H17NO2S/c13-9-5-11-16(14,15)10-4-8-12-6-2-1-3-7-12/h1-4,6-8H,5,9-11,13H2/b8-4+. The molecule has 0 aliphatic rings. The van der Waals surface area contributed by atoms with Crippen molar-refractivity contribution in [2.45, 2.75) is 6.42 Å². The third-order valence-electron chi connectivity index (χ3n) is 2.12. The second-order valence-corrected chi connectivity index (χ2v) is 5.80. The van der Waals surface area contributed by atoms with Crippen LogP contribution in [0.2, 0.25) is 0 Å². The summed E-state index contributed by atoms with van der Waals surface area (Å²) in [5.41, 5.74) is 6.28. The minimum Gasteiger partial charge on any atom is -0.330 e. The average molecular weight is 239 g/mol. The van der Waals surface area contributed by atoms with Gasteiger partial charge in [0.2, 0.25) is 0 Å². The van der Waals surface area contributed by atoms with Gasteiger partial charge < -0.3 is 5.73 Å². The smallest absolute Gasteiger partial charge is 0.153 e. The van der Waals surface area contributed by atoms with Crippen LogP contribution in [-0.4, -0.2) is 26.5 Å². The Balaban J connectivity index is 2.48. The molecule has 0 aromatic heterocycles. The number of rotatable bonds is 6. The summed E-state index contributed by atoms with van der Waals surface area (Å²) in [6, 6.07) is 9.63. The Morgan fingerprint density at radius 2 is 1.88 bits per heavy atom. The summed E-state index contributed by atoms with van der Waals surface area (Å²) in [7, 11) is -2.98. The van der Waals surface area contributed by atoms with Crippen molar-refractivity contribution in [3.8, 4) is 0 Å². The van der Waals surface area contributed by atoms with Gasteiger partial charge in [0.15, 0.2) is 9.84 Å². The molecule has 1 rings (SSSR count). The number of hydrogen-bond donors (Lipinski definition) is 1. The van der Waals surface area contributed by atoms with Crippen molar-refractivity contribution in [3.05, 3.63) is 42.0 Å². The first-order valence-electron chi connectivity index (χ1n) is 5.26. The summed E-state index contributed by atoms with van der Waals surface area (Å²) in [5, 5.41) is 0. The van der Waals surface area contributed by atoms with Gasteiger partial charge in [-0.25, -0.2) is 8.42 Å². The molecule has 0 saturated heterocycles. The lowest BCUT2D eigenvalue weighted by atomic mass is 10.2. The van der Waals surface area contributed by atoms with Gasteiger partial charge in [0.1, 0.15) is 0 Å². The molecule has 2 N–H and O–H groups in total. The van der Waals surface area contributed by atoms with Crippen LogP contribution in [0, 0.1) is 0 Å². The maximum absolute atomic E-state index is 11.5. The highest BCUT2D eigenvalue weighted by Gasteiger charge is 2.06. The Labute approximate surface area is 96.9 Å². The van der Waals surface area contributed by atoms with Crippen LogP contribution >= 0.6 is 0 Å². The van der Waals surface area contributed by atoms with E-state index in [0.717, 1.165) is 5.56 Å². The van der Waals surface area contributed by atoms with Crippen molar-refractivity contribution < 1.29 is 8.42 Å². The van der Waals surface area contributed by atoms with E-state index in [9.17, 15) is 8.42 Å². The quantitative estimate of drug-likeness (QED) is 0.817. The second-order valence-electron chi connectivity index (χ2n) is 3.57. The fourth-order valence-electron chi connectivity index (χ4n) is 1.28. The Bertz CT molecular complexity index is 424. The number of sulfone groups is 1. The van der Waals surface area contributed by atoms with Crippen LogP contribution < -0.4 is 5.73 Å². The molecule has 0 spiro atoms. The van der Waals surface area contributed by atoms with E-state index in [-0.39, 0.29) is 11.5 Å². The first kappa shape index (κ1) is 12.9. The first-order valence-corrected chi connectivity index (χ1v) is 7.08. The summed E-state index contributed by atoms with van der Waals surface area (Å²) in [6.45, 7) is 0.418. The van der Waals surface area contributed by atoms with E-state index in [1.165, 1.54) is 0 Å². The molecule has 4 heteroatoms. The lowest BCUT2D eigenvalue weighted by Crippen LogP contribution is -2.13. The zero-order valence-corrected chi connectivity index (χ0v) is 9.99. The van der Waals surface area contributed by atoms with E-state index in [2.05, 4.69) is 0 Å². The SMILES string of the molecule is NCCCS(=O)(=O)C/C=C/c1ccccc1. The lowest BCUT2D eigenvalue weighted by Gasteiger charge is -1.98. The molecular formula is C12H17NO2S. The van der Waals surface area contributed by atoms with Gasteiger partial charge in [0.05, 0.1) is 11.5 Å². The van der Waals surface area contributed by atoms with Crippen LogP contribution in [0.4, 0.5) is 0 Å². The van der Waals surface area contributed by atoms with E-state index >= 15 is 0 Å². The molecular weight excluding hydrogens is 222 g/mol. The predicted molar refractivity (Wildman–Crippen MR) is 67.8 cm³/mol. The molecule has 0 amide bonds. The summed E-state index contributed by atoms with van der Waals surface area (Å²) in [4.78, 5) is 0. The molecule has 0 radical (unpaired) electrons. The van der Waals surface area contributed by atoms with Crippen LogP contribution in [0.1, 0.15) is 12.0 Å². The Morgan fingerprint density at radius 3 is 2.50 bits per heavy atom. The van der Waals surface area contributed by atoms with Crippen LogP contribution in [0.15, 0.2) is 36.4 Å². The molecule has 0 atom stereocenters. The molecule has 0 unspecified atom stereocenters. The molecule has 0 aliphatic heterocycles. The predicted octanol–water partition coefficient (Wildman–Crippen LogP) is 1.46. The minimum atomic E-state index is -2.98. The Kier molecular flexibility index (Phi) is 5.22. The fourth-order valence-corrected chi connectivity index (χ4v) is 2.44. The van der Waals surface area contributed by atoms with E-state index in [1.54, 1.807) is 6.08 Å². The van der Waals surface area contributed by atoms with Gasteiger partial charge in [-0.15, -0.1) is 0 Å². The van der Waals surface area contributed by atoms with E-state index in [4.69, 9.17) is 5.73 Å². The Morgan fingerprint density at radius 1 is 1.19 bits per heavy atom. The largest absolute Gasteiger partial charge is 0.330 e. The monoisotopic (exact) mass is 239 g/mol. The van der Waals surface area contributed by atoms with Crippen LogP contribution in [0.3, 0.4) is 0 Å². The average Bonchev–Trinajstić information content (AvgIpc) is 2.28. The number of hydrogen-bond acceptors (Lipinski definition) is 3. The molecule has 16 heavy (non-hydrogen) atoms. The number of benzene rings is 1. The lowest BCUT2D eigenvalue weighted by molar-refractivity contribution is 0.596. The fraction of sp³-hybridized carbons (Fsp3) is 0.333. The van der Waals surface area contributed by atoms with E-state index < -0.39 is 9.84 Å². The zero-order chi connectivity index (χ0) is 11.9. The third-order valence-corrected chi connectivity index (χ3v) is 3.73. The van der Waals surface area contributed by atoms with Gasteiger partial charge in [-0.3, -0.25) is 0 Å². The summed E-state index contributed by atoms with van der Waals surface area (Å²) < 4.78 is 22.9. The number of nitrogens with two attached hydrogens (primary N) is 1. The molecule has 0 saturated carbocycles. The molecule has 3 nitrogen and oxygen atoms in total. The van der Waals surface area contributed by atoms with Gasteiger partial charge in [-0.05, 0) is 18.5 Å². The third kappa shape index (κ3) is 5.09. The second kappa shape index (κ2) is 6.45. The topological polar surface area (TPSA) is 60.2 Å². The van der Waals surface area contributed by atoms with Crippen molar-refractivity contribution in [2.24, 2.45) is 5.73 Å². The van der Waals surface area contributed by atoms with Gasteiger partial charge >= 0.3 is 0 Å². The normalized spacial score (nSPS) is 12.1. The molecule has 0 fully saturated rings. The summed E-state index contributed by atoms with van der Waals surface area (Å²) >= 11 is 0. The molecule has 1 aromatic rings. The van der Waals surface area contributed by atoms with Crippen molar-refractivity contribution >= 4 is 15.9 Å². The first-order chi connectivity index (χ1) is 7.64. The molecule has 1 aromatic carbocycles.